The molecule has 0 spiro atoms. The molecule has 0 aliphatic rings. The minimum Gasteiger partial charge on any atom is -0.482 e. The fraction of sp³-hybridized carbons (Fsp3) is 0.227. The van der Waals surface area contributed by atoms with Crippen molar-refractivity contribution in [1.29, 1.82) is 0 Å². The van der Waals surface area contributed by atoms with Gasteiger partial charge in [0.2, 0.25) is 10.0 Å². The van der Waals surface area contributed by atoms with Gasteiger partial charge < -0.3 is 14.8 Å². The fourth-order valence-corrected chi connectivity index (χ4v) is 4.30. The second-order valence-electron chi connectivity index (χ2n) is 6.69. The van der Waals surface area contributed by atoms with E-state index in [0.717, 1.165) is 16.3 Å². The second-order valence-corrected chi connectivity index (χ2v) is 8.86. The Kier molecular flexibility index (Phi) is 7.86. The molecule has 0 aliphatic carbocycles. The monoisotopic (exact) mass is 462 g/mol. The van der Waals surface area contributed by atoms with Crippen LogP contribution in [0, 0.1) is 0 Å². The lowest BCUT2D eigenvalue weighted by atomic mass is 10.0. The molecule has 9 heteroatoms. The van der Waals surface area contributed by atoms with Crippen molar-refractivity contribution in [2.45, 2.75) is 11.4 Å². The zero-order chi connectivity index (χ0) is 22.3. The average molecular weight is 463 g/mol. The standard InChI is InChI=1S/C22H23ClN2O5S/c1-29-12-11-25-31(27,28)18-9-10-21(20(23)13-18)30-15-22(26)24-14-17-7-4-6-16-5-2-3-8-19(16)17/h2-10,13,25H,11-12,14-15H2,1H3,(H,24,26). The highest BCUT2D eigenvalue weighted by Crippen LogP contribution is 2.27. The van der Waals surface area contributed by atoms with Crippen molar-refractivity contribution in [3.63, 3.8) is 0 Å². The van der Waals surface area contributed by atoms with E-state index in [1.54, 1.807) is 0 Å². The summed E-state index contributed by atoms with van der Waals surface area (Å²) < 4.78 is 37.1. The van der Waals surface area contributed by atoms with E-state index in [0.29, 0.717) is 6.54 Å². The van der Waals surface area contributed by atoms with Crippen LogP contribution >= 0.6 is 11.6 Å². The number of ether oxygens (including phenoxy) is 2. The van der Waals surface area contributed by atoms with E-state index in [1.807, 2.05) is 42.5 Å². The van der Waals surface area contributed by atoms with Gasteiger partial charge in [-0.25, -0.2) is 13.1 Å². The van der Waals surface area contributed by atoms with Crippen LogP contribution in [-0.2, 0) is 26.1 Å². The van der Waals surface area contributed by atoms with Crippen LogP contribution in [-0.4, -0.2) is 41.2 Å². The minimum atomic E-state index is -3.71. The summed E-state index contributed by atoms with van der Waals surface area (Å²) in [6.45, 7) is 0.512. The molecular formula is C22H23ClN2O5S. The van der Waals surface area contributed by atoms with Gasteiger partial charge in [0.05, 0.1) is 16.5 Å². The third-order valence-corrected chi connectivity index (χ3v) is 6.28. The SMILES string of the molecule is COCCNS(=O)(=O)c1ccc(OCC(=O)NCc2cccc3ccccc23)c(Cl)c1. The van der Waals surface area contributed by atoms with Gasteiger partial charge in [0.15, 0.2) is 6.61 Å². The van der Waals surface area contributed by atoms with Gasteiger partial charge >= 0.3 is 0 Å². The van der Waals surface area contributed by atoms with E-state index in [-0.39, 0.29) is 41.3 Å². The number of benzene rings is 3. The van der Waals surface area contributed by atoms with E-state index >= 15 is 0 Å². The summed E-state index contributed by atoms with van der Waals surface area (Å²) in [5.41, 5.74) is 1.00. The number of methoxy groups -OCH3 is 1. The predicted molar refractivity (Wildman–Crippen MR) is 120 cm³/mol. The molecule has 0 fully saturated rings. The quantitative estimate of drug-likeness (QED) is 0.451. The van der Waals surface area contributed by atoms with Crippen molar-refractivity contribution in [3.05, 3.63) is 71.2 Å². The lowest BCUT2D eigenvalue weighted by Crippen LogP contribution is -2.28. The summed E-state index contributed by atoms with van der Waals surface area (Å²) in [5, 5.41) is 5.09. The van der Waals surface area contributed by atoms with Gasteiger partial charge in [0.1, 0.15) is 5.75 Å². The largest absolute Gasteiger partial charge is 0.482 e. The molecular weight excluding hydrogens is 440 g/mol. The molecule has 0 saturated carbocycles. The number of halogens is 1. The second kappa shape index (κ2) is 10.6. The molecule has 3 aromatic carbocycles. The molecule has 0 aromatic heterocycles. The maximum atomic E-state index is 12.2. The molecule has 0 bridgehead atoms. The molecule has 3 rings (SSSR count). The minimum absolute atomic E-state index is 0.00126. The van der Waals surface area contributed by atoms with Gasteiger partial charge in [-0.2, -0.15) is 0 Å². The van der Waals surface area contributed by atoms with E-state index in [4.69, 9.17) is 21.1 Å². The molecule has 164 valence electrons. The highest BCUT2D eigenvalue weighted by atomic mass is 35.5. The first-order chi connectivity index (χ1) is 14.9. The van der Waals surface area contributed by atoms with Crippen LogP contribution in [0.1, 0.15) is 5.56 Å². The smallest absolute Gasteiger partial charge is 0.258 e. The highest BCUT2D eigenvalue weighted by Gasteiger charge is 2.16. The predicted octanol–water partition coefficient (Wildman–Crippen LogP) is 3.11. The molecule has 7 nitrogen and oxygen atoms in total. The first-order valence-corrected chi connectivity index (χ1v) is 11.4. The maximum Gasteiger partial charge on any atom is 0.258 e. The van der Waals surface area contributed by atoms with E-state index in [9.17, 15) is 13.2 Å². The molecule has 1 amide bonds. The maximum absolute atomic E-state index is 12.2. The number of amides is 1. The van der Waals surface area contributed by atoms with Gasteiger partial charge in [0.25, 0.3) is 5.91 Å². The van der Waals surface area contributed by atoms with Crippen molar-refractivity contribution < 1.29 is 22.7 Å². The molecule has 2 N–H and O–H groups in total. The van der Waals surface area contributed by atoms with Crippen LogP contribution in [0.4, 0.5) is 0 Å². The molecule has 0 heterocycles. The Labute approximate surface area is 186 Å². The number of carbonyl (C=O) groups is 1. The van der Waals surface area contributed by atoms with Gasteiger partial charge in [0, 0.05) is 20.2 Å². The number of nitrogens with one attached hydrogen (secondary N) is 2. The Morgan fingerprint density at radius 2 is 1.84 bits per heavy atom. The first kappa shape index (κ1) is 23.0. The fourth-order valence-electron chi connectivity index (χ4n) is 2.96. The number of carbonyl (C=O) groups excluding carboxylic acids is 1. The number of hydrogen-bond acceptors (Lipinski definition) is 5. The third kappa shape index (κ3) is 6.18. The van der Waals surface area contributed by atoms with Crippen LogP contribution in [0.2, 0.25) is 5.02 Å². The Balaban J connectivity index is 1.56. The molecule has 0 radical (unpaired) electrons. The number of hydrogen-bond donors (Lipinski definition) is 2. The summed E-state index contributed by atoms with van der Waals surface area (Å²) >= 11 is 6.14. The average Bonchev–Trinajstić information content (AvgIpc) is 2.76. The molecule has 0 saturated heterocycles. The van der Waals surface area contributed by atoms with Gasteiger partial charge in [-0.1, -0.05) is 54.1 Å². The normalized spacial score (nSPS) is 11.4. The Hall–Kier alpha value is -2.65. The van der Waals surface area contributed by atoms with Crippen molar-refractivity contribution in [1.82, 2.24) is 10.0 Å². The van der Waals surface area contributed by atoms with E-state index < -0.39 is 10.0 Å². The summed E-state index contributed by atoms with van der Waals surface area (Å²) in [4.78, 5) is 12.2. The van der Waals surface area contributed by atoms with Crippen LogP contribution < -0.4 is 14.8 Å². The van der Waals surface area contributed by atoms with Gasteiger partial charge in [-0.05, 0) is 34.5 Å². The zero-order valence-electron chi connectivity index (χ0n) is 16.9. The van der Waals surface area contributed by atoms with E-state index in [2.05, 4.69) is 10.0 Å². The molecule has 0 aliphatic heterocycles. The third-order valence-electron chi connectivity index (χ3n) is 4.53. The number of sulfonamides is 1. The summed E-state index contributed by atoms with van der Waals surface area (Å²) in [6.07, 6.45) is 0. The zero-order valence-corrected chi connectivity index (χ0v) is 18.5. The summed E-state index contributed by atoms with van der Waals surface area (Å²) in [5.74, 6) is -0.0975. The summed E-state index contributed by atoms with van der Waals surface area (Å²) in [7, 11) is -2.23. The van der Waals surface area contributed by atoms with Crippen molar-refractivity contribution in [2.24, 2.45) is 0 Å². The lowest BCUT2D eigenvalue weighted by Gasteiger charge is -2.12. The molecule has 31 heavy (non-hydrogen) atoms. The van der Waals surface area contributed by atoms with Crippen LogP contribution in [0.15, 0.2) is 65.6 Å². The highest BCUT2D eigenvalue weighted by molar-refractivity contribution is 7.89. The first-order valence-electron chi connectivity index (χ1n) is 9.55. The van der Waals surface area contributed by atoms with Crippen LogP contribution in [0.3, 0.4) is 0 Å². The van der Waals surface area contributed by atoms with Crippen molar-refractivity contribution >= 4 is 38.3 Å². The lowest BCUT2D eigenvalue weighted by molar-refractivity contribution is -0.123. The van der Waals surface area contributed by atoms with Crippen LogP contribution in [0.5, 0.6) is 5.75 Å². The molecule has 3 aromatic rings. The van der Waals surface area contributed by atoms with E-state index in [1.165, 1.54) is 25.3 Å². The molecule has 0 atom stereocenters. The van der Waals surface area contributed by atoms with Gasteiger partial charge in [-0.3, -0.25) is 4.79 Å². The van der Waals surface area contributed by atoms with Crippen molar-refractivity contribution in [2.75, 3.05) is 26.9 Å². The topological polar surface area (TPSA) is 93.7 Å². The number of rotatable bonds is 10. The Morgan fingerprint density at radius 1 is 1.06 bits per heavy atom. The number of fused-ring (bicyclic) bond motifs is 1. The van der Waals surface area contributed by atoms with Gasteiger partial charge in [-0.15, -0.1) is 0 Å². The Morgan fingerprint density at radius 3 is 2.61 bits per heavy atom. The van der Waals surface area contributed by atoms with Crippen LogP contribution in [0.25, 0.3) is 10.8 Å². The molecule has 0 unspecified atom stereocenters. The Bertz CT molecular complexity index is 1160. The summed E-state index contributed by atoms with van der Waals surface area (Å²) in [6, 6.07) is 17.9. The van der Waals surface area contributed by atoms with Crippen molar-refractivity contribution in [3.8, 4) is 5.75 Å².